The SMILES string of the molecule is CC(C)CN(CCC#N)c1ccc(C#N)c(Cl)c1. The maximum Gasteiger partial charge on any atom is 0.101 e. The Bertz CT molecular complexity index is 483. The van der Waals surface area contributed by atoms with E-state index in [4.69, 9.17) is 22.1 Å². The van der Waals surface area contributed by atoms with Crippen LogP contribution >= 0.6 is 11.6 Å². The van der Waals surface area contributed by atoms with Crippen LogP contribution in [0, 0.1) is 28.6 Å². The molecule has 1 aromatic carbocycles. The molecule has 94 valence electrons. The van der Waals surface area contributed by atoms with Crippen LogP contribution in [-0.2, 0) is 0 Å². The summed E-state index contributed by atoms with van der Waals surface area (Å²) in [6.07, 6.45) is 0.477. The van der Waals surface area contributed by atoms with Gasteiger partial charge in [0.1, 0.15) is 6.07 Å². The van der Waals surface area contributed by atoms with Crippen molar-refractivity contribution in [3.8, 4) is 12.1 Å². The van der Waals surface area contributed by atoms with Crippen molar-refractivity contribution >= 4 is 17.3 Å². The van der Waals surface area contributed by atoms with Crippen LogP contribution in [0.1, 0.15) is 25.8 Å². The van der Waals surface area contributed by atoms with E-state index in [1.807, 2.05) is 12.1 Å². The first-order chi connectivity index (χ1) is 8.58. The van der Waals surface area contributed by atoms with E-state index >= 15 is 0 Å². The van der Waals surface area contributed by atoms with Crippen LogP contribution < -0.4 is 4.90 Å². The van der Waals surface area contributed by atoms with Gasteiger partial charge in [0.05, 0.1) is 23.1 Å². The molecule has 0 heterocycles. The van der Waals surface area contributed by atoms with Gasteiger partial charge in [-0.2, -0.15) is 10.5 Å². The molecule has 4 heteroatoms. The molecular formula is C14H16ClN3. The second-order valence-corrected chi connectivity index (χ2v) is 4.93. The average Bonchev–Trinajstić information content (AvgIpc) is 2.34. The lowest BCUT2D eigenvalue weighted by molar-refractivity contribution is 0.612. The molecule has 0 aromatic heterocycles. The van der Waals surface area contributed by atoms with E-state index in [9.17, 15) is 0 Å². The van der Waals surface area contributed by atoms with E-state index in [1.54, 1.807) is 12.1 Å². The molecule has 1 rings (SSSR count). The number of hydrogen-bond donors (Lipinski definition) is 0. The van der Waals surface area contributed by atoms with E-state index in [0.717, 1.165) is 12.2 Å². The smallest absolute Gasteiger partial charge is 0.101 e. The van der Waals surface area contributed by atoms with Crippen molar-refractivity contribution < 1.29 is 0 Å². The number of benzene rings is 1. The molecule has 1 aromatic rings. The molecule has 18 heavy (non-hydrogen) atoms. The van der Waals surface area contributed by atoms with Crippen molar-refractivity contribution in [2.24, 2.45) is 5.92 Å². The van der Waals surface area contributed by atoms with Gasteiger partial charge < -0.3 is 4.90 Å². The Morgan fingerprint density at radius 1 is 1.33 bits per heavy atom. The van der Waals surface area contributed by atoms with E-state index in [2.05, 4.69) is 24.8 Å². The molecule has 0 aliphatic carbocycles. The van der Waals surface area contributed by atoms with Crippen molar-refractivity contribution in [1.29, 1.82) is 10.5 Å². The summed E-state index contributed by atoms with van der Waals surface area (Å²) in [4.78, 5) is 2.13. The summed E-state index contributed by atoms with van der Waals surface area (Å²) in [5.74, 6) is 0.498. The number of hydrogen-bond acceptors (Lipinski definition) is 3. The van der Waals surface area contributed by atoms with Gasteiger partial charge in [0.15, 0.2) is 0 Å². The van der Waals surface area contributed by atoms with Crippen molar-refractivity contribution in [2.45, 2.75) is 20.3 Å². The van der Waals surface area contributed by atoms with Crippen molar-refractivity contribution in [2.75, 3.05) is 18.0 Å². The van der Waals surface area contributed by atoms with Crippen LogP contribution in [0.15, 0.2) is 18.2 Å². The normalized spacial score (nSPS) is 9.89. The summed E-state index contributed by atoms with van der Waals surface area (Å²) in [5, 5.41) is 18.0. The maximum absolute atomic E-state index is 8.84. The highest BCUT2D eigenvalue weighted by molar-refractivity contribution is 6.32. The number of nitriles is 2. The summed E-state index contributed by atoms with van der Waals surface area (Å²) < 4.78 is 0. The van der Waals surface area contributed by atoms with Gasteiger partial charge in [-0.25, -0.2) is 0 Å². The fourth-order valence-corrected chi connectivity index (χ4v) is 1.96. The highest BCUT2D eigenvalue weighted by Crippen LogP contribution is 2.24. The molecule has 0 unspecified atom stereocenters. The van der Waals surface area contributed by atoms with E-state index in [-0.39, 0.29) is 0 Å². The number of nitrogens with zero attached hydrogens (tertiary/aromatic N) is 3. The topological polar surface area (TPSA) is 50.8 Å². The Hall–Kier alpha value is -1.71. The molecule has 0 aliphatic heterocycles. The lowest BCUT2D eigenvalue weighted by Crippen LogP contribution is -2.28. The third-order valence-corrected chi connectivity index (χ3v) is 2.83. The Kier molecular flexibility index (Phi) is 5.49. The molecule has 0 spiro atoms. The summed E-state index contributed by atoms with van der Waals surface area (Å²) in [7, 11) is 0. The van der Waals surface area contributed by atoms with Gasteiger partial charge in [-0.3, -0.25) is 0 Å². The molecule has 3 nitrogen and oxygen atoms in total. The summed E-state index contributed by atoms with van der Waals surface area (Å²) in [6.45, 7) is 5.80. The van der Waals surface area contributed by atoms with Crippen molar-refractivity contribution in [3.63, 3.8) is 0 Å². The molecular weight excluding hydrogens is 246 g/mol. The Morgan fingerprint density at radius 3 is 2.56 bits per heavy atom. The number of halogens is 1. The predicted molar refractivity (Wildman–Crippen MR) is 73.4 cm³/mol. The van der Waals surface area contributed by atoms with Gasteiger partial charge in [0, 0.05) is 18.8 Å². The Labute approximate surface area is 113 Å². The van der Waals surface area contributed by atoms with Crippen LogP contribution in [0.3, 0.4) is 0 Å². The molecule has 0 radical (unpaired) electrons. The third kappa shape index (κ3) is 3.95. The first-order valence-electron chi connectivity index (χ1n) is 5.90. The van der Waals surface area contributed by atoms with E-state index < -0.39 is 0 Å². The number of anilines is 1. The van der Waals surface area contributed by atoms with E-state index in [1.165, 1.54) is 0 Å². The minimum Gasteiger partial charge on any atom is -0.370 e. The zero-order valence-corrected chi connectivity index (χ0v) is 11.4. The van der Waals surface area contributed by atoms with Gasteiger partial charge in [-0.1, -0.05) is 25.4 Å². The van der Waals surface area contributed by atoms with Crippen molar-refractivity contribution in [3.05, 3.63) is 28.8 Å². The molecule has 0 saturated carbocycles. The van der Waals surface area contributed by atoms with Crippen LogP contribution in [0.5, 0.6) is 0 Å². The lowest BCUT2D eigenvalue weighted by atomic mass is 10.1. The minimum absolute atomic E-state index is 0.459. The predicted octanol–water partition coefficient (Wildman–Crippen LogP) is 3.59. The monoisotopic (exact) mass is 261 g/mol. The van der Waals surface area contributed by atoms with Gasteiger partial charge in [-0.05, 0) is 24.1 Å². The van der Waals surface area contributed by atoms with Gasteiger partial charge >= 0.3 is 0 Å². The van der Waals surface area contributed by atoms with Gasteiger partial charge in [0.2, 0.25) is 0 Å². The molecule has 0 fully saturated rings. The molecule has 0 N–H and O–H groups in total. The highest BCUT2D eigenvalue weighted by Gasteiger charge is 2.10. The van der Waals surface area contributed by atoms with Crippen LogP contribution in [0.2, 0.25) is 5.02 Å². The average molecular weight is 262 g/mol. The van der Waals surface area contributed by atoms with Crippen LogP contribution in [0.4, 0.5) is 5.69 Å². The van der Waals surface area contributed by atoms with Gasteiger partial charge in [0.25, 0.3) is 0 Å². The molecule has 0 atom stereocenters. The third-order valence-electron chi connectivity index (χ3n) is 2.52. The largest absolute Gasteiger partial charge is 0.370 e. The highest BCUT2D eigenvalue weighted by atomic mass is 35.5. The van der Waals surface area contributed by atoms with Crippen LogP contribution in [-0.4, -0.2) is 13.1 Å². The fourth-order valence-electron chi connectivity index (χ4n) is 1.74. The quantitative estimate of drug-likeness (QED) is 0.814. The standard InChI is InChI=1S/C14H16ClN3/c1-11(2)10-18(7-3-6-16)13-5-4-12(9-17)14(15)8-13/h4-5,8,11H,3,7,10H2,1-2H3. The Balaban J connectivity index is 2.95. The number of rotatable bonds is 5. The maximum atomic E-state index is 8.84. The van der Waals surface area contributed by atoms with E-state index in [0.29, 0.717) is 29.5 Å². The molecule has 0 amide bonds. The van der Waals surface area contributed by atoms with Gasteiger partial charge in [-0.15, -0.1) is 0 Å². The van der Waals surface area contributed by atoms with Crippen LogP contribution in [0.25, 0.3) is 0 Å². The second kappa shape index (κ2) is 6.89. The molecule has 0 saturated heterocycles. The fraction of sp³-hybridized carbons (Fsp3) is 0.429. The Morgan fingerprint density at radius 2 is 2.06 bits per heavy atom. The minimum atomic E-state index is 0.459. The summed E-state index contributed by atoms with van der Waals surface area (Å²) >= 11 is 6.03. The summed E-state index contributed by atoms with van der Waals surface area (Å²) in [5.41, 5.74) is 1.44. The second-order valence-electron chi connectivity index (χ2n) is 4.52. The molecule has 0 bridgehead atoms. The van der Waals surface area contributed by atoms with Crippen molar-refractivity contribution in [1.82, 2.24) is 0 Å². The zero-order valence-electron chi connectivity index (χ0n) is 10.7. The first-order valence-corrected chi connectivity index (χ1v) is 6.27. The summed E-state index contributed by atoms with van der Waals surface area (Å²) in [6, 6.07) is 9.58. The zero-order chi connectivity index (χ0) is 13.5. The first kappa shape index (κ1) is 14.4. The molecule has 0 aliphatic rings. The lowest BCUT2D eigenvalue weighted by Gasteiger charge is -2.26.